The first-order chi connectivity index (χ1) is 8.56. The minimum absolute atomic E-state index is 0.190. The molecule has 0 atom stereocenters. The summed E-state index contributed by atoms with van der Waals surface area (Å²) in [4.78, 5) is 11.8. The number of nitrogens with two attached hydrogens (primary N) is 1. The molecular formula is C12H14Cl2N2O2. The summed E-state index contributed by atoms with van der Waals surface area (Å²) in [5.74, 6) is -0.337. The maximum atomic E-state index is 11.8. The van der Waals surface area contributed by atoms with Gasteiger partial charge in [-0.3, -0.25) is 4.79 Å². The molecule has 1 amide bonds. The fraction of sp³-hybridized carbons (Fsp3) is 0.250. The van der Waals surface area contributed by atoms with Gasteiger partial charge in [-0.05, 0) is 12.1 Å². The number of carbonyl (C=O) groups is 1. The number of amides is 1. The van der Waals surface area contributed by atoms with Crippen molar-refractivity contribution < 1.29 is 9.53 Å². The van der Waals surface area contributed by atoms with E-state index >= 15 is 0 Å². The highest BCUT2D eigenvalue weighted by atomic mass is 35.5. The first kappa shape index (κ1) is 14.8. The van der Waals surface area contributed by atoms with E-state index in [1.807, 2.05) is 0 Å². The summed E-state index contributed by atoms with van der Waals surface area (Å²) < 4.78 is 5.13. The van der Waals surface area contributed by atoms with Crippen LogP contribution >= 0.6 is 23.2 Å². The second kappa shape index (κ2) is 7.26. The van der Waals surface area contributed by atoms with E-state index < -0.39 is 0 Å². The Balaban J connectivity index is 2.59. The number of anilines is 1. The summed E-state index contributed by atoms with van der Waals surface area (Å²) >= 11 is 11.8. The van der Waals surface area contributed by atoms with Crippen molar-refractivity contribution >= 4 is 34.8 Å². The van der Waals surface area contributed by atoms with Gasteiger partial charge in [0, 0.05) is 12.2 Å². The highest BCUT2D eigenvalue weighted by molar-refractivity contribution is 6.44. The Bertz CT molecular complexity index is 450. The van der Waals surface area contributed by atoms with Gasteiger partial charge >= 0.3 is 0 Å². The van der Waals surface area contributed by atoms with Gasteiger partial charge in [-0.25, -0.2) is 0 Å². The van der Waals surface area contributed by atoms with E-state index in [2.05, 4.69) is 11.9 Å². The number of hydrogen-bond donors (Lipinski definition) is 2. The normalized spacial score (nSPS) is 10.1. The van der Waals surface area contributed by atoms with Gasteiger partial charge in [-0.2, -0.15) is 0 Å². The lowest BCUT2D eigenvalue weighted by Crippen LogP contribution is -2.27. The third-order valence-electron chi connectivity index (χ3n) is 2.06. The van der Waals surface area contributed by atoms with Crippen LogP contribution < -0.4 is 11.1 Å². The molecule has 0 fully saturated rings. The number of ether oxygens (including phenoxy) is 1. The molecule has 4 nitrogen and oxygen atoms in total. The van der Waals surface area contributed by atoms with Crippen LogP contribution in [0.25, 0.3) is 0 Å². The van der Waals surface area contributed by atoms with Gasteiger partial charge in [0.25, 0.3) is 5.91 Å². The number of rotatable bonds is 6. The van der Waals surface area contributed by atoms with Crippen molar-refractivity contribution in [3.63, 3.8) is 0 Å². The molecule has 18 heavy (non-hydrogen) atoms. The van der Waals surface area contributed by atoms with Gasteiger partial charge in [0.2, 0.25) is 0 Å². The summed E-state index contributed by atoms with van der Waals surface area (Å²) in [6.07, 6.45) is 1.64. The maximum Gasteiger partial charge on any atom is 0.253 e. The maximum absolute atomic E-state index is 11.8. The topological polar surface area (TPSA) is 64.3 Å². The molecule has 0 bridgehead atoms. The number of nitrogens with one attached hydrogen (secondary N) is 1. The molecule has 0 radical (unpaired) electrons. The van der Waals surface area contributed by atoms with Gasteiger partial charge in [-0.15, -0.1) is 6.58 Å². The SMILES string of the molecule is C=CCOCCNC(=O)c1cc(N)cc(Cl)c1Cl. The molecule has 98 valence electrons. The third-order valence-corrected chi connectivity index (χ3v) is 2.86. The molecule has 0 heterocycles. The van der Waals surface area contributed by atoms with Crippen LogP contribution in [-0.4, -0.2) is 25.7 Å². The van der Waals surface area contributed by atoms with Crippen molar-refractivity contribution in [2.75, 3.05) is 25.5 Å². The van der Waals surface area contributed by atoms with E-state index in [4.69, 9.17) is 33.7 Å². The van der Waals surface area contributed by atoms with Crippen LogP contribution in [0.15, 0.2) is 24.8 Å². The average molecular weight is 289 g/mol. The zero-order valence-electron chi connectivity index (χ0n) is 9.71. The first-order valence-corrected chi connectivity index (χ1v) is 6.03. The van der Waals surface area contributed by atoms with Crippen molar-refractivity contribution in [1.29, 1.82) is 0 Å². The van der Waals surface area contributed by atoms with Crippen LogP contribution in [-0.2, 0) is 4.74 Å². The van der Waals surface area contributed by atoms with Crippen LogP contribution in [0.2, 0.25) is 10.0 Å². The fourth-order valence-corrected chi connectivity index (χ4v) is 1.70. The van der Waals surface area contributed by atoms with E-state index in [1.165, 1.54) is 12.1 Å². The van der Waals surface area contributed by atoms with Gasteiger partial charge in [0.1, 0.15) is 0 Å². The van der Waals surface area contributed by atoms with Gasteiger partial charge in [0.15, 0.2) is 0 Å². The summed E-state index contributed by atoms with van der Waals surface area (Å²) in [6, 6.07) is 2.97. The van der Waals surface area contributed by atoms with Crippen LogP contribution in [0.3, 0.4) is 0 Å². The summed E-state index contributed by atoms with van der Waals surface area (Å²) in [7, 11) is 0. The molecule has 1 aromatic carbocycles. The Morgan fingerprint density at radius 1 is 1.50 bits per heavy atom. The van der Waals surface area contributed by atoms with Gasteiger partial charge in [0.05, 0.1) is 28.8 Å². The Hall–Kier alpha value is -1.23. The highest BCUT2D eigenvalue weighted by Gasteiger charge is 2.13. The molecule has 0 aliphatic heterocycles. The second-order valence-electron chi connectivity index (χ2n) is 3.48. The van der Waals surface area contributed by atoms with Crippen molar-refractivity contribution in [3.8, 4) is 0 Å². The van der Waals surface area contributed by atoms with Gasteiger partial charge in [-0.1, -0.05) is 29.3 Å². The van der Waals surface area contributed by atoms with E-state index in [9.17, 15) is 4.79 Å². The average Bonchev–Trinajstić information content (AvgIpc) is 2.33. The van der Waals surface area contributed by atoms with Crippen molar-refractivity contribution in [2.45, 2.75) is 0 Å². The number of halogens is 2. The number of hydrogen-bond acceptors (Lipinski definition) is 3. The molecule has 1 rings (SSSR count). The lowest BCUT2D eigenvalue weighted by molar-refractivity contribution is 0.0929. The number of carbonyl (C=O) groups excluding carboxylic acids is 1. The van der Waals surface area contributed by atoms with Gasteiger partial charge < -0.3 is 15.8 Å². The van der Waals surface area contributed by atoms with Crippen molar-refractivity contribution in [2.24, 2.45) is 0 Å². The zero-order valence-corrected chi connectivity index (χ0v) is 11.2. The monoisotopic (exact) mass is 288 g/mol. The van der Waals surface area contributed by atoms with Crippen LogP contribution in [0, 0.1) is 0 Å². The standard InChI is InChI=1S/C12H14Cl2N2O2/c1-2-4-18-5-3-16-12(17)9-6-8(15)7-10(13)11(9)14/h2,6-7H,1,3-5,15H2,(H,16,17). The first-order valence-electron chi connectivity index (χ1n) is 5.27. The quantitative estimate of drug-likeness (QED) is 0.480. The van der Waals surface area contributed by atoms with Crippen molar-refractivity contribution in [3.05, 3.63) is 40.4 Å². The van der Waals surface area contributed by atoms with Crippen LogP contribution in [0.1, 0.15) is 10.4 Å². The van der Waals surface area contributed by atoms with E-state index in [0.29, 0.717) is 25.4 Å². The predicted octanol–water partition coefficient (Wildman–Crippen LogP) is 2.51. The summed E-state index contributed by atoms with van der Waals surface area (Å²) in [5.41, 5.74) is 6.24. The second-order valence-corrected chi connectivity index (χ2v) is 4.27. The molecule has 0 aliphatic rings. The summed E-state index contributed by atoms with van der Waals surface area (Å²) in [6.45, 7) is 4.72. The third kappa shape index (κ3) is 4.22. The fourth-order valence-electron chi connectivity index (χ4n) is 1.27. The lowest BCUT2D eigenvalue weighted by Gasteiger charge is -2.08. The zero-order chi connectivity index (χ0) is 13.5. The molecule has 3 N–H and O–H groups in total. The Labute approximate surface area is 116 Å². The van der Waals surface area contributed by atoms with Crippen LogP contribution in [0.5, 0.6) is 0 Å². The minimum Gasteiger partial charge on any atom is -0.399 e. The molecule has 1 aromatic rings. The minimum atomic E-state index is -0.337. The number of nitrogen functional groups attached to an aromatic ring is 1. The van der Waals surface area contributed by atoms with Crippen molar-refractivity contribution in [1.82, 2.24) is 5.32 Å². The molecule has 0 aliphatic carbocycles. The Morgan fingerprint density at radius 3 is 2.89 bits per heavy atom. The Morgan fingerprint density at radius 2 is 2.22 bits per heavy atom. The molecule has 0 saturated carbocycles. The molecule has 0 saturated heterocycles. The van der Waals surface area contributed by atoms with E-state index in [-0.39, 0.29) is 21.5 Å². The molecule has 6 heteroatoms. The van der Waals surface area contributed by atoms with E-state index in [1.54, 1.807) is 6.08 Å². The molecular weight excluding hydrogens is 275 g/mol. The number of benzene rings is 1. The Kier molecular flexibility index (Phi) is 5.98. The largest absolute Gasteiger partial charge is 0.399 e. The molecule has 0 spiro atoms. The van der Waals surface area contributed by atoms with E-state index in [0.717, 1.165) is 0 Å². The lowest BCUT2D eigenvalue weighted by atomic mass is 10.2. The summed E-state index contributed by atoms with van der Waals surface area (Å²) in [5, 5.41) is 3.10. The molecule has 0 aromatic heterocycles. The molecule has 0 unspecified atom stereocenters. The van der Waals surface area contributed by atoms with Crippen LogP contribution in [0.4, 0.5) is 5.69 Å². The highest BCUT2D eigenvalue weighted by Crippen LogP contribution is 2.28. The predicted molar refractivity (Wildman–Crippen MR) is 74.2 cm³/mol. The smallest absolute Gasteiger partial charge is 0.253 e.